The first-order valence-corrected chi connectivity index (χ1v) is 11.2. The molecule has 1 amide bonds. The first kappa shape index (κ1) is 20.9. The summed E-state index contributed by atoms with van der Waals surface area (Å²) < 4.78 is 2.24. The van der Waals surface area contributed by atoms with Crippen molar-refractivity contribution in [2.45, 2.75) is 18.4 Å². The van der Waals surface area contributed by atoms with E-state index in [1.165, 1.54) is 22.9 Å². The third-order valence-corrected chi connectivity index (χ3v) is 6.57. The maximum Gasteiger partial charge on any atom is 0.234 e. The van der Waals surface area contributed by atoms with Crippen molar-refractivity contribution in [1.29, 1.82) is 0 Å². The van der Waals surface area contributed by atoms with E-state index >= 15 is 0 Å². The van der Waals surface area contributed by atoms with E-state index in [9.17, 15) is 4.79 Å². The number of hydrogen-bond acceptors (Lipinski definition) is 2. The lowest BCUT2D eigenvalue weighted by Crippen LogP contribution is -2.13. The van der Waals surface area contributed by atoms with Crippen LogP contribution in [-0.4, -0.2) is 16.2 Å². The average molecular weight is 455 g/mol. The number of nitrogens with zero attached hydrogens (tertiary/aromatic N) is 1. The number of para-hydroxylation sites is 1. The van der Waals surface area contributed by atoms with Gasteiger partial charge in [0.1, 0.15) is 0 Å². The number of carbonyl (C=O) groups is 1. The Hall–Kier alpha value is -2.40. The molecule has 0 saturated carbocycles. The summed E-state index contributed by atoms with van der Waals surface area (Å²) in [7, 11) is 0. The highest BCUT2D eigenvalue weighted by atomic mass is 35.5. The van der Waals surface area contributed by atoms with Crippen molar-refractivity contribution < 1.29 is 4.79 Å². The van der Waals surface area contributed by atoms with Crippen LogP contribution in [0.3, 0.4) is 0 Å². The van der Waals surface area contributed by atoms with Crippen LogP contribution in [0.25, 0.3) is 10.9 Å². The molecule has 0 aliphatic carbocycles. The van der Waals surface area contributed by atoms with Gasteiger partial charge in [-0.2, -0.15) is 0 Å². The minimum absolute atomic E-state index is 0.0891. The summed E-state index contributed by atoms with van der Waals surface area (Å²) in [4.78, 5) is 13.5. The van der Waals surface area contributed by atoms with E-state index in [1.807, 2.05) is 12.1 Å². The van der Waals surface area contributed by atoms with Crippen molar-refractivity contribution in [3.05, 3.63) is 94.1 Å². The van der Waals surface area contributed by atoms with Crippen molar-refractivity contribution in [3.8, 4) is 0 Å². The number of aromatic nitrogens is 1. The molecule has 4 rings (SSSR count). The highest BCUT2D eigenvalue weighted by Gasteiger charge is 2.12. The second-order valence-corrected chi connectivity index (χ2v) is 8.92. The van der Waals surface area contributed by atoms with Gasteiger partial charge in [-0.3, -0.25) is 4.79 Å². The molecule has 0 aliphatic rings. The lowest BCUT2D eigenvalue weighted by atomic mass is 10.1. The Morgan fingerprint density at radius 3 is 2.53 bits per heavy atom. The Morgan fingerprint density at radius 1 is 1.00 bits per heavy atom. The first-order valence-electron chi connectivity index (χ1n) is 9.51. The SMILES string of the molecule is Cc1ccc(Cn2cc(SCC(=O)Nc3ccc(Cl)c(Cl)c3)c3ccccc32)cc1. The smallest absolute Gasteiger partial charge is 0.234 e. The molecule has 0 bridgehead atoms. The van der Waals surface area contributed by atoms with Crippen LogP contribution < -0.4 is 5.32 Å². The van der Waals surface area contributed by atoms with Gasteiger partial charge in [-0.05, 0) is 36.8 Å². The molecule has 0 unspecified atom stereocenters. The number of rotatable bonds is 6. The minimum Gasteiger partial charge on any atom is -0.342 e. The third kappa shape index (κ3) is 4.84. The van der Waals surface area contributed by atoms with Crippen LogP contribution in [-0.2, 0) is 11.3 Å². The number of nitrogens with one attached hydrogen (secondary N) is 1. The highest BCUT2D eigenvalue weighted by Crippen LogP contribution is 2.31. The molecule has 152 valence electrons. The summed E-state index contributed by atoms with van der Waals surface area (Å²) >= 11 is 13.5. The fraction of sp³-hybridized carbons (Fsp3) is 0.125. The molecule has 0 fully saturated rings. The Balaban J connectivity index is 1.49. The summed E-state index contributed by atoms with van der Waals surface area (Å²) in [6.45, 7) is 2.88. The maximum atomic E-state index is 12.4. The summed E-state index contributed by atoms with van der Waals surface area (Å²) in [6.07, 6.45) is 2.13. The summed E-state index contributed by atoms with van der Waals surface area (Å²) in [5.41, 5.74) is 4.29. The molecular weight excluding hydrogens is 435 g/mol. The zero-order valence-electron chi connectivity index (χ0n) is 16.4. The second kappa shape index (κ2) is 9.17. The maximum absolute atomic E-state index is 12.4. The summed E-state index contributed by atoms with van der Waals surface area (Å²) in [5.74, 6) is 0.215. The Bertz CT molecular complexity index is 1200. The fourth-order valence-electron chi connectivity index (χ4n) is 3.26. The normalized spacial score (nSPS) is 11.0. The van der Waals surface area contributed by atoms with Crippen LogP contribution in [0.4, 0.5) is 5.69 Å². The number of hydrogen-bond donors (Lipinski definition) is 1. The van der Waals surface area contributed by atoms with Gasteiger partial charge in [0.2, 0.25) is 5.91 Å². The standard InChI is InChI=1S/C24H20Cl2N2OS/c1-16-6-8-17(9-7-16)13-28-14-23(19-4-2-3-5-22(19)28)30-15-24(29)27-18-10-11-20(25)21(26)12-18/h2-12,14H,13,15H2,1H3,(H,27,29). The topological polar surface area (TPSA) is 34.0 Å². The number of anilines is 1. The molecular formula is C24H20Cl2N2OS. The lowest BCUT2D eigenvalue weighted by molar-refractivity contribution is -0.113. The van der Waals surface area contributed by atoms with Gasteiger partial charge in [0.05, 0.1) is 15.8 Å². The van der Waals surface area contributed by atoms with E-state index in [1.54, 1.807) is 18.2 Å². The quantitative estimate of drug-likeness (QED) is 0.317. The van der Waals surface area contributed by atoms with Crippen molar-refractivity contribution >= 4 is 57.5 Å². The Morgan fingerprint density at radius 2 is 1.77 bits per heavy atom. The van der Waals surface area contributed by atoms with Crippen LogP contribution in [0, 0.1) is 6.92 Å². The summed E-state index contributed by atoms with van der Waals surface area (Å²) in [6, 6.07) is 21.9. The van der Waals surface area contributed by atoms with E-state index in [0.29, 0.717) is 21.5 Å². The lowest BCUT2D eigenvalue weighted by Gasteiger charge is -2.06. The van der Waals surface area contributed by atoms with Gasteiger partial charge in [-0.25, -0.2) is 0 Å². The molecule has 0 radical (unpaired) electrons. The number of benzene rings is 3. The van der Waals surface area contributed by atoms with Crippen LogP contribution >= 0.6 is 35.0 Å². The predicted octanol–water partition coefficient (Wildman–Crippen LogP) is 7.04. The molecule has 0 spiro atoms. The molecule has 3 aromatic carbocycles. The third-order valence-electron chi connectivity index (χ3n) is 4.79. The van der Waals surface area contributed by atoms with Gasteiger partial charge in [0.25, 0.3) is 0 Å². The number of thioether (sulfide) groups is 1. The van der Waals surface area contributed by atoms with E-state index in [2.05, 4.69) is 59.4 Å². The molecule has 1 N–H and O–H groups in total. The van der Waals surface area contributed by atoms with Crippen LogP contribution in [0.5, 0.6) is 0 Å². The molecule has 1 aromatic heterocycles. The van der Waals surface area contributed by atoms with Crippen molar-refractivity contribution in [2.75, 3.05) is 11.1 Å². The van der Waals surface area contributed by atoms with Gasteiger partial charge in [0, 0.05) is 34.2 Å². The van der Waals surface area contributed by atoms with Gasteiger partial charge in [-0.1, -0.05) is 71.2 Å². The molecule has 3 nitrogen and oxygen atoms in total. The number of fused-ring (bicyclic) bond motifs is 1. The molecule has 4 aromatic rings. The first-order chi connectivity index (χ1) is 14.5. The zero-order valence-corrected chi connectivity index (χ0v) is 18.7. The zero-order chi connectivity index (χ0) is 21.1. The number of halogens is 2. The van der Waals surface area contributed by atoms with Crippen molar-refractivity contribution in [1.82, 2.24) is 4.57 Å². The van der Waals surface area contributed by atoms with E-state index in [-0.39, 0.29) is 5.91 Å². The van der Waals surface area contributed by atoms with Crippen LogP contribution in [0.15, 0.2) is 77.8 Å². The fourth-order valence-corrected chi connectivity index (χ4v) is 4.45. The molecule has 0 saturated heterocycles. The van der Waals surface area contributed by atoms with E-state index in [0.717, 1.165) is 22.3 Å². The van der Waals surface area contributed by atoms with Crippen molar-refractivity contribution in [2.24, 2.45) is 0 Å². The van der Waals surface area contributed by atoms with Gasteiger partial charge >= 0.3 is 0 Å². The van der Waals surface area contributed by atoms with E-state index in [4.69, 9.17) is 23.2 Å². The largest absolute Gasteiger partial charge is 0.342 e. The van der Waals surface area contributed by atoms with Crippen molar-refractivity contribution in [3.63, 3.8) is 0 Å². The Kier molecular flexibility index (Phi) is 6.38. The van der Waals surface area contributed by atoms with E-state index < -0.39 is 0 Å². The number of amides is 1. The molecule has 0 atom stereocenters. The molecule has 6 heteroatoms. The predicted molar refractivity (Wildman–Crippen MR) is 128 cm³/mol. The Labute approximate surface area is 190 Å². The minimum atomic E-state index is -0.0891. The molecule has 0 aliphatic heterocycles. The van der Waals surface area contributed by atoms with Crippen LogP contribution in [0.2, 0.25) is 10.0 Å². The van der Waals surface area contributed by atoms with Crippen LogP contribution in [0.1, 0.15) is 11.1 Å². The van der Waals surface area contributed by atoms with Gasteiger partial charge < -0.3 is 9.88 Å². The molecule has 30 heavy (non-hydrogen) atoms. The summed E-state index contributed by atoms with van der Waals surface area (Å²) in [5, 5.41) is 4.90. The van der Waals surface area contributed by atoms with Gasteiger partial charge in [-0.15, -0.1) is 11.8 Å². The molecule has 1 heterocycles. The number of carbonyl (C=O) groups excluding carboxylic acids is 1. The highest BCUT2D eigenvalue weighted by molar-refractivity contribution is 8.00. The monoisotopic (exact) mass is 454 g/mol. The van der Waals surface area contributed by atoms with Gasteiger partial charge in [0.15, 0.2) is 0 Å². The second-order valence-electron chi connectivity index (χ2n) is 7.09. The average Bonchev–Trinajstić information content (AvgIpc) is 3.09. The number of aryl methyl sites for hydroxylation is 1.